The van der Waals surface area contributed by atoms with Crippen LogP contribution in [0.5, 0.6) is 0 Å². The molecule has 1 nitrogen and oxygen atoms in total. The summed E-state index contributed by atoms with van der Waals surface area (Å²) in [5, 5.41) is 9.18. The molecule has 174 valence electrons. The van der Waals surface area contributed by atoms with Gasteiger partial charge >= 0.3 is 41.7 Å². The largest absolute Gasteiger partial charge is 0.460 e. The molecule has 1 atom stereocenters. The predicted molar refractivity (Wildman–Crippen MR) is 67.1 cm³/mol. The van der Waals surface area contributed by atoms with Gasteiger partial charge in [0.05, 0.1) is 0 Å². The van der Waals surface area contributed by atoms with E-state index in [0.29, 0.717) is 12.1 Å². The first-order chi connectivity index (χ1) is 13.0. The van der Waals surface area contributed by atoms with Gasteiger partial charge in [0.25, 0.3) is 0 Å². The summed E-state index contributed by atoms with van der Waals surface area (Å²) in [6.07, 6.45) is -11.7. The molecular weight excluding hydrogens is 469 g/mol. The van der Waals surface area contributed by atoms with E-state index in [9.17, 15) is 71.0 Å². The Labute approximate surface area is 156 Å². The Morgan fingerprint density at radius 2 is 0.833 bits per heavy atom. The summed E-state index contributed by atoms with van der Waals surface area (Å²) in [4.78, 5) is 0. The lowest BCUT2D eigenvalue weighted by Crippen LogP contribution is -2.73. The molecule has 0 spiro atoms. The highest BCUT2D eigenvalue weighted by Gasteiger charge is 2.93. The first-order valence-corrected chi connectivity index (χ1v) is 7.08. The van der Waals surface area contributed by atoms with Crippen molar-refractivity contribution in [1.29, 1.82) is 0 Å². The lowest BCUT2D eigenvalue weighted by atomic mass is 9.88. The lowest BCUT2D eigenvalue weighted by molar-refractivity contribution is -0.456. The van der Waals surface area contributed by atoms with Crippen LogP contribution < -0.4 is 0 Å². The fourth-order valence-electron chi connectivity index (χ4n) is 2.00. The molecule has 0 aliphatic rings. The molecule has 0 radical (unpaired) electrons. The van der Waals surface area contributed by atoms with E-state index in [1.54, 1.807) is 0 Å². The second-order valence-corrected chi connectivity index (χ2v) is 5.81. The number of hydrogen-bond donors (Lipinski definition) is 1. The van der Waals surface area contributed by atoms with Gasteiger partial charge in [-0.3, -0.25) is 0 Å². The molecule has 30 heavy (non-hydrogen) atoms. The molecule has 0 saturated carbocycles. The molecule has 1 aromatic carbocycles. The highest BCUT2D eigenvalue weighted by molar-refractivity contribution is 5.23. The van der Waals surface area contributed by atoms with Crippen molar-refractivity contribution in [3.8, 4) is 0 Å². The lowest BCUT2D eigenvalue weighted by Gasteiger charge is -2.42. The quantitative estimate of drug-likeness (QED) is 0.473. The summed E-state index contributed by atoms with van der Waals surface area (Å²) in [5.41, 5.74) is -1.33. The molecule has 0 bridgehead atoms. The number of benzene rings is 1. The number of halogens is 15. The molecule has 0 heterocycles. The molecular formula is C14H7F15O. The van der Waals surface area contributed by atoms with Gasteiger partial charge in [0.2, 0.25) is 0 Å². The number of aliphatic hydroxyl groups is 1. The normalized spacial score (nSPS) is 16.5. The van der Waals surface area contributed by atoms with Crippen LogP contribution >= 0.6 is 0 Å². The summed E-state index contributed by atoms with van der Waals surface area (Å²) >= 11 is 0. The first-order valence-electron chi connectivity index (χ1n) is 7.08. The van der Waals surface area contributed by atoms with Crippen molar-refractivity contribution < 1.29 is 71.0 Å². The van der Waals surface area contributed by atoms with Crippen molar-refractivity contribution in [2.24, 2.45) is 0 Å². The number of hydrogen-bond acceptors (Lipinski definition) is 1. The van der Waals surface area contributed by atoms with E-state index in [4.69, 9.17) is 0 Å². The molecule has 0 fully saturated rings. The summed E-state index contributed by atoms with van der Waals surface area (Å²) in [7, 11) is 0. The van der Waals surface area contributed by atoms with E-state index in [1.807, 2.05) is 0 Å². The van der Waals surface area contributed by atoms with Crippen LogP contribution in [0.2, 0.25) is 0 Å². The summed E-state index contributed by atoms with van der Waals surface area (Å²) < 4.78 is 196. The van der Waals surface area contributed by atoms with Crippen LogP contribution in [0, 0.1) is 0 Å². The SMILES string of the molecule is OC(c1ccccc1)C(F)(F)C(F)(F)C(F)(F)C(F)(F)C(F)(F)C(F)(F)C(F)(F)F. The zero-order valence-electron chi connectivity index (χ0n) is 13.6. The maximum absolute atomic E-state index is 13.8. The van der Waals surface area contributed by atoms with E-state index in [1.165, 1.54) is 0 Å². The molecule has 1 rings (SSSR count). The molecule has 0 saturated heterocycles. The Morgan fingerprint density at radius 1 is 0.500 bits per heavy atom. The van der Waals surface area contributed by atoms with Crippen LogP contribution in [0.25, 0.3) is 0 Å². The zero-order chi connectivity index (χ0) is 24.2. The van der Waals surface area contributed by atoms with Gasteiger partial charge in [-0.1, -0.05) is 30.3 Å². The van der Waals surface area contributed by atoms with Gasteiger partial charge in [-0.05, 0) is 5.56 Å². The van der Waals surface area contributed by atoms with E-state index in [-0.39, 0.29) is 0 Å². The van der Waals surface area contributed by atoms with E-state index < -0.39 is 53.4 Å². The van der Waals surface area contributed by atoms with E-state index >= 15 is 0 Å². The Morgan fingerprint density at radius 3 is 1.20 bits per heavy atom. The third-order valence-electron chi connectivity index (χ3n) is 3.81. The van der Waals surface area contributed by atoms with Gasteiger partial charge in [-0.15, -0.1) is 0 Å². The van der Waals surface area contributed by atoms with Gasteiger partial charge in [0, 0.05) is 0 Å². The van der Waals surface area contributed by atoms with Crippen LogP contribution in [0.15, 0.2) is 30.3 Å². The second kappa shape index (κ2) is 7.09. The second-order valence-electron chi connectivity index (χ2n) is 5.81. The minimum atomic E-state index is -8.37. The van der Waals surface area contributed by atoms with Crippen molar-refractivity contribution in [2.45, 2.75) is 47.8 Å². The molecule has 0 aromatic heterocycles. The minimum absolute atomic E-state index is 0.386. The number of alkyl halides is 15. The molecule has 1 N–H and O–H groups in total. The fraction of sp³-hybridized carbons (Fsp3) is 0.571. The number of aliphatic hydroxyl groups excluding tert-OH is 1. The average Bonchev–Trinajstić information content (AvgIpc) is 2.59. The Bertz CT molecular complexity index is 737. The molecule has 1 aromatic rings. The highest BCUT2D eigenvalue weighted by Crippen LogP contribution is 2.63. The van der Waals surface area contributed by atoms with Gasteiger partial charge < -0.3 is 5.11 Å². The average molecular weight is 476 g/mol. The first kappa shape index (κ1) is 26.2. The minimum Gasteiger partial charge on any atom is -0.382 e. The maximum atomic E-state index is 13.8. The Kier molecular flexibility index (Phi) is 6.18. The molecule has 0 aliphatic carbocycles. The fourth-order valence-corrected chi connectivity index (χ4v) is 2.00. The third kappa shape index (κ3) is 3.36. The van der Waals surface area contributed by atoms with Crippen molar-refractivity contribution in [2.75, 3.05) is 0 Å². The van der Waals surface area contributed by atoms with Crippen molar-refractivity contribution >= 4 is 0 Å². The van der Waals surface area contributed by atoms with Crippen LogP contribution in [-0.4, -0.2) is 46.8 Å². The topological polar surface area (TPSA) is 20.2 Å². The van der Waals surface area contributed by atoms with Crippen molar-refractivity contribution in [1.82, 2.24) is 0 Å². The van der Waals surface area contributed by atoms with Gasteiger partial charge in [-0.2, -0.15) is 65.9 Å². The Hall–Kier alpha value is -1.87. The summed E-state index contributed by atoms with van der Waals surface area (Å²) in [6, 6.07) is 3.32. The predicted octanol–water partition coefficient (Wildman–Crippen LogP) is 6.09. The van der Waals surface area contributed by atoms with Crippen molar-refractivity contribution in [3.63, 3.8) is 0 Å². The van der Waals surface area contributed by atoms with Crippen molar-refractivity contribution in [3.05, 3.63) is 35.9 Å². The molecule has 0 amide bonds. The molecule has 1 unspecified atom stereocenters. The third-order valence-corrected chi connectivity index (χ3v) is 3.81. The number of rotatable bonds is 7. The monoisotopic (exact) mass is 476 g/mol. The molecule has 16 heteroatoms. The van der Waals surface area contributed by atoms with Crippen LogP contribution in [-0.2, 0) is 0 Å². The maximum Gasteiger partial charge on any atom is 0.460 e. The zero-order valence-corrected chi connectivity index (χ0v) is 13.6. The highest BCUT2D eigenvalue weighted by atomic mass is 19.4. The van der Waals surface area contributed by atoms with Gasteiger partial charge in [0.1, 0.15) is 6.10 Å². The van der Waals surface area contributed by atoms with Crippen LogP contribution in [0.3, 0.4) is 0 Å². The Balaban J connectivity index is 3.59. The smallest absolute Gasteiger partial charge is 0.382 e. The van der Waals surface area contributed by atoms with Crippen LogP contribution in [0.4, 0.5) is 65.9 Å². The van der Waals surface area contributed by atoms with E-state index in [2.05, 4.69) is 0 Å². The standard InChI is InChI=1S/C14H7F15O/c15-8(16,7(30)6-4-2-1-3-5-6)9(17,18)10(19,20)11(21,22)12(23,24)13(25,26)14(27,28)29/h1-5,7,30H. The summed E-state index contributed by atoms with van der Waals surface area (Å²) in [5.74, 6) is -47.4. The summed E-state index contributed by atoms with van der Waals surface area (Å²) in [6.45, 7) is 0. The van der Waals surface area contributed by atoms with Gasteiger partial charge in [0.15, 0.2) is 0 Å². The van der Waals surface area contributed by atoms with Gasteiger partial charge in [-0.25, -0.2) is 0 Å². The van der Waals surface area contributed by atoms with Crippen LogP contribution in [0.1, 0.15) is 11.7 Å². The molecule has 0 aliphatic heterocycles. The van der Waals surface area contributed by atoms with E-state index in [0.717, 1.165) is 18.2 Å².